The monoisotopic (exact) mass is 470 g/mol. The normalized spacial score (nSPS) is 24.3. The molecular weight excluding hydrogens is 448 g/mol. The van der Waals surface area contributed by atoms with Gasteiger partial charge in [0.25, 0.3) is 0 Å². The molecule has 0 spiro atoms. The second-order valence-electron chi connectivity index (χ2n) is 8.72. The van der Waals surface area contributed by atoms with E-state index in [0.29, 0.717) is 17.2 Å². The molecule has 0 bridgehead atoms. The molecule has 2 saturated heterocycles. The number of rotatable bonds is 5. The van der Waals surface area contributed by atoms with Crippen molar-refractivity contribution in [3.8, 4) is 11.5 Å². The highest BCUT2D eigenvalue weighted by Crippen LogP contribution is 2.54. The van der Waals surface area contributed by atoms with Gasteiger partial charge in [-0.2, -0.15) is 0 Å². The lowest BCUT2D eigenvalue weighted by Gasteiger charge is -2.35. The van der Waals surface area contributed by atoms with Crippen molar-refractivity contribution in [1.82, 2.24) is 4.90 Å². The molecule has 8 nitrogen and oxygen atoms in total. The molecule has 35 heavy (non-hydrogen) atoms. The number of ether oxygens (including phenoxy) is 2. The predicted molar refractivity (Wildman–Crippen MR) is 126 cm³/mol. The molecule has 0 radical (unpaired) electrons. The summed E-state index contributed by atoms with van der Waals surface area (Å²) < 4.78 is 16.1. The number of furan rings is 1. The average molecular weight is 470 g/mol. The SMILES string of the molecule is COc1ccc(N2C(=O)C3C(C2=O)C2c4ccccc4C=CN2C3C(=O)c2ccco2)c(OC)c1. The molecule has 8 heteroatoms. The summed E-state index contributed by atoms with van der Waals surface area (Å²) in [6.45, 7) is 0. The topological polar surface area (TPSA) is 89.3 Å². The second-order valence-corrected chi connectivity index (χ2v) is 8.72. The van der Waals surface area contributed by atoms with Gasteiger partial charge in [-0.3, -0.25) is 14.4 Å². The van der Waals surface area contributed by atoms with E-state index >= 15 is 0 Å². The number of anilines is 1. The van der Waals surface area contributed by atoms with Crippen molar-refractivity contribution in [3.05, 3.63) is 83.9 Å². The van der Waals surface area contributed by atoms with Crippen molar-refractivity contribution in [1.29, 1.82) is 0 Å². The molecule has 1 aromatic heterocycles. The molecule has 4 unspecified atom stereocenters. The number of carbonyl (C=O) groups excluding carboxylic acids is 3. The van der Waals surface area contributed by atoms with Gasteiger partial charge in [-0.25, -0.2) is 4.90 Å². The van der Waals surface area contributed by atoms with Gasteiger partial charge in [-0.05, 0) is 41.5 Å². The van der Waals surface area contributed by atoms with Gasteiger partial charge in [0.1, 0.15) is 17.5 Å². The number of carbonyl (C=O) groups is 3. The summed E-state index contributed by atoms with van der Waals surface area (Å²) in [5.74, 6) is -1.73. The fraction of sp³-hybridized carbons (Fsp3) is 0.222. The number of methoxy groups -OCH3 is 2. The maximum atomic E-state index is 14.0. The van der Waals surface area contributed by atoms with Crippen molar-refractivity contribution >= 4 is 29.4 Å². The average Bonchev–Trinajstić information content (AvgIpc) is 3.60. The van der Waals surface area contributed by atoms with Crippen LogP contribution in [-0.4, -0.2) is 42.8 Å². The fourth-order valence-corrected chi connectivity index (χ4v) is 5.63. The number of amides is 2. The van der Waals surface area contributed by atoms with Crippen LogP contribution in [0.25, 0.3) is 6.08 Å². The van der Waals surface area contributed by atoms with Crippen molar-refractivity contribution < 1.29 is 28.3 Å². The highest BCUT2D eigenvalue weighted by molar-refractivity contribution is 6.25. The number of fused-ring (bicyclic) bond motifs is 5. The molecule has 4 atom stereocenters. The van der Waals surface area contributed by atoms with Gasteiger partial charge in [0.05, 0.1) is 44.0 Å². The minimum Gasteiger partial charge on any atom is -0.497 e. The molecule has 3 aromatic rings. The molecule has 176 valence electrons. The molecule has 4 heterocycles. The van der Waals surface area contributed by atoms with Gasteiger partial charge in [0, 0.05) is 12.3 Å². The van der Waals surface area contributed by atoms with Crippen LogP contribution in [0.5, 0.6) is 11.5 Å². The van der Waals surface area contributed by atoms with Gasteiger partial charge in [0.15, 0.2) is 5.76 Å². The van der Waals surface area contributed by atoms with Crippen LogP contribution in [-0.2, 0) is 9.59 Å². The van der Waals surface area contributed by atoms with E-state index in [1.165, 1.54) is 20.5 Å². The molecule has 3 aliphatic rings. The van der Waals surface area contributed by atoms with Crippen LogP contribution in [0.2, 0.25) is 0 Å². The quantitative estimate of drug-likeness (QED) is 0.415. The lowest BCUT2D eigenvalue weighted by atomic mass is 9.84. The Labute approximate surface area is 201 Å². The zero-order valence-corrected chi connectivity index (χ0v) is 19.1. The molecule has 0 saturated carbocycles. The zero-order chi connectivity index (χ0) is 24.3. The van der Waals surface area contributed by atoms with E-state index in [2.05, 4.69) is 0 Å². The Morgan fingerprint density at radius 1 is 0.943 bits per heavy atom. The van der Waals surface area contributed by atoms with E-state index in [9.17, 15) is 14.4 Å². The summed E-state index contributed by atoms with van der Waals surface area (Å²) in [6, 6.07) is 14.5. The van der Waals surface area contributed by atoms with Crippen LogP contribution in [0.3, 0.4) is 0 Å². The largest absolute Gasteiger partial charge is 0.497 e. The molecule has 6 rings (SSSR count). The number of nitrogens with zero attached hydrogens (tertiary/aromatic N) is 2. The van der Waals surface area contributed by atoms with Crippen LogP contribution < -0.4 is 14.4 Å². The molecule has 3 aliphatic heterocycles. The van der Waals surface area contributed by atoms with Gasteiger partial charge in [0.2, 0.25) is 17.6 Å². The fourth-order valence-electron chi connectivity index (χ4n) is 5.63. The number of benzene rings is 2. The molecule has 2 fully saturated rings. The Morgan fingerprint density at radius 3 is 2.49 bits per heavy atom. The van der Waals surface area contributed by atoms with Gasteiger partial charge >= 0.3 is 0 Å². The Balaban J connectivity index is 1.50. The summed E-state index contributed by atoms with van der Waals surface area (Å²) in [6.07, 6.45) is 5.15. The van der Waals surface area contributed by atoms with Gasteiger partial charge in [-0.15, -0.1) is 0 Å². The number of Topliss-reactive ketones (excluding diaryl/α,β-unsaturated/α-hetero) is 1. The third kappa shape index (κ3) is 2.96. The Hall–Kier alpha value is -4.33. The minimum absolute atomic E-state index is 0.155. The lowest BCUT2D eigenvalue weighted by Crippen LogP contribution is -2.44. The first-order chi connectivity index (χ1) is 17.0. The van der Waals surface area contributed by atoms with Gasteiger partial charge < -0.3 is 18.8 Å². The third-order valence-corrected chi connectivity index (χ3v) is 7.12. The highest BCUT2D eigenvalue weighted by atomic mass is 16.5. The van der Waals surface area contributed by atoms with Crippen molar-refractivity contribution in [2.45, 2.75) is 12.1 Å². The first kappa shape index (κ1) is 21.2. The number of ketones is 1. The zero-order valence-electron chi connectivity index (χ0n) is 19.1. The summed E-state index contributed by atoms with van der Waals surface area (Å²) in [4.78, 5) is 44.6. The van der Waals surface area contributed by atoms with E-state index < -0.39 is 29.8 Å². The maximum Gasteiger partial charge on any atom is 0.240 e. The molecule has 2 amide bonds. The Kier molecular flexibility index (Phi) is 4.77. The summed E-state index contributed by atoms with van der Waals surface area (Å²) in [7, 11) is 3.00. The predicted octanol–water partition coefficient (Wildman–Crippen LogP) is 3.70. The van der Waals surface area contributed by atoms with E-state index in [0.717, 1.165) is 16.0 Å². The highest BCUT2D eigenvalue weighted by Gasteiger charge is 2.65. The molecular formula is C27H22N2O6. The Bertz CT molecular complexity index is 1380. The van der Waals surface area contributed by atoms with E-state index in [4.69, 9.17) is 13.9 Å². The third-order valence-electron chi connectivity index (χ3n) is 7.12. The summed E-state index contributed by atoms with van der Waals surface area (Å²) in [5, 5.41) is 0. The van der Waals surface area contributed by atoms with E-state index in [1.54, 1.807) is 30.3 Å². The number of hydrogen-bond acceptors (Lipinski definition) is 7. The number of imide groups is 1. The second kappa shape index (κ2) is 7.87. The number of hydrogen-bond donors (Lipinski definition) is 0. The van der Waals surface area contributed by atoms with Crippen molar-refractivity contribution in [3.63, 3.8) is 0 Å². The maximum absolute atomic E-state index is 14.0. The van der Waals surface area contributed by atoms with Crippen molar-refractivity contribution in [2.24, 2.45) is 11.8 Å². The van der Waals surface area contributed by atoms with Crippen LogP contribution >= 0.6 is 0 Å². The molecule has 0 aliphatic carbocycles. The molecule has 0 N–H and O–H groups in total. The summed E-state index contributed by atoms with van der Waals surface area (Å²) >= 11 is 0. The van der Waals surface area contributed by atoms with E-state index in [-0.39, 0.29) is 17.5 Å². The summed E-state index contributed by atoms with van der Waals surface area (Å²) in [5.41, 5.74) is 2.19. The molecule has 2 aromatic carbocycles. The smallest absolute Gasteiger partial charge is 0.240 e. The van der Waals surface area contributed by atoms with E-state index in [1.807, 2.05) is 41.4 Å². The van der Waals surface area contributed by atoms with Crippen LogP contribution in [0.4, 0.5) is 5.69 Å². The van der Waals surface area contributed by atoms with Crippen LogP contribution in [0.15, 0.2) is 71.5 Å². The van der Waals surface area contributed by atoms with Crippen LogP contribution in [0.1, 0.15) is 27.7 Å². The first-order valence-electron chi connectivity index (χ1n) is 11.3. The van der Waals surface area contributed by atoms with Crippen LogP contribution in [0, 0.1) is 11.8 Å². The Morgan fingerprint density at radius 2 is 1.74 bits per heavy atom. The van der Waals surface area contributed by atoms with Crippen molar-refractivity contribution in [2.75, 3.05) is 19.1 Å². The van der Waals surface area contributed by atoms with Gasteiger partial charge in [-0.1, -0.05) is 24.3 Å². The lowest BCUT2D eigenvalue weighted by molar-refractivity contribution is -0.123. The minimum atomic E-state index is -0.883. The first-order valence-corrected chi connectivity index (χ1v) is 11.3. The standard InChI is InChI=1S/C27H22N2O6/c1-33-16-9-10-18(20(14-16)34-2)29-26(31)21-22(27(29)32)24(25(30)19-8-5-13-35-19)28-12-11-15-6-3-4-7-17(15)23(21)28/h3-14,21-24H,1-2H3.